The molecule has 2 heterocycles. The van der Waals surface area contributed by atoms with Gasteiger partial charge in [-0.15, -0.1) is 0 Å². The van der Waals surface area contributed by atoms with Crippen molar-refractivity contribution in [2.75, 3.05) is 13.1 Å². The van der Waals surface area contributed by atoms with Crippen LogP contribution in [0.15, 0.2) is 54.4 Å². The molecule has 0 unspecified atom stereocenters. The fourth-order valence-electron chi connectivity index (χ4n) is 3.31. The van der Waals surface area contributed by atoms with E-state index in [-0.39, 0.29) is 6.61 Å². The summed E-state index contributed by atoms with van der Waals surface area (Å²) in [6, 6.07) is 12.4. The Kier molecular flexibility index (Phi) is 5.46. The molecule has 0 aliphatic carbocycles. The van der Waals surface area contributed by atoms with E-state index in [1.54, 1.807) is 6.20 Å². The summed E-state index contributed by atoms with van der Waals surface area (Å²) in [5, 5.41) is 19.2. The van der Waals surface area contributed by atoms with E-state index in [1.165, 1.54) is 16.7 Å². The molecular weight excluding hydrogens is 299 g/mol. The van der Waals surface area contributed by atoms with E-state index in [2.05, 4.69) is 21.9 Å². The quantitative estimate of drug-likeness (QED) is 0.850. The monoisotopic (exact) mass is 322 g/mol. The van der Waals surface area contributed by atoms with Crippen molar-refractivity contribution < 1.29 is 10.1 Å². The Morgan fingerprint density at radius 1 is 1.12 bits per heavy atom. The van der Waals surface area contributed by atoms with Crippen LogP contribution < -0.4 is 0 Å². The predicted molar refractivity (Wildman–Crippen MR) is 97.3 cm³/mol. The van der Waals surface area contributed by atoms with E-state index in [0.29, 0.717) is 0 Å². The van der Waals surface area contributed by atoms with Gasteiger partial charge in [-0.2, -0.15) is 0 Å². The van der Waals surface area contributed by atoms with Gasteiger partial charge in [0.25, 0.3) is 0 Å². The zero-order valence-electron chi connectivity index (χ0n) is 14.0. The molecule has 2 aromatic rings. The molecule has 1 saturated heterocycles. The standard InChI is InChI=1S/C19H23BN2O2/c1-20(24)22-9-7-17(8-10-22)19(16-5-3-2-4-6-16)18-11-15(14-23)12-21-13-18/h2-6,11-13,23-24H,7-10,14H2,1H3. The van der Waals surface area contributed by atoms with Gasteiger partial charge >= 0.3 is 7.05 Å². The largest absolute Gasteiger partial charge is 0.437 e. The maximum Gasteiger partial charge on any atom is 0.376 e. The van der Waals surface area contributed by atoms with Gasteiger partial charge in [-0.05, 0) is 55.5 Å². The predicted octanol–water partition coefficient (Wildman–Crippen LogP) is 2.58. The van der Waals surface area contributed by atoms with Crippen molar-refractivity contribution in [2.45, 2.75) is 26.3 Å². The summed E-state index contributed by atoms with van der Waals surface area (Å²) < 4.78 is 0. The van der Waals surface area contributed by atoms with E-state index >= 15 is 0 Å². The molecule has 5 heteroatoms. The maximum absolute atomic E-state index is 9.78. The first-order chi connectivity index (χ1) is 11.7. The van der Waals surface area contributed by atoms with Crippen molar-refractivity contribution in [2.24, 2.45) is 0 Å². The third-order valence-electron chi connectivity index (χ3n) is 4.61. The molecule has 124 valence electrons. The lowest BCUT2D eigenvalue weighted by Crippen LogP contribution is -2.41. The molecule has 1 fully saturated rings. The molecule has 1 aromatic heterocycles. The molecule has 0 spiro atoms. The number of hydrogen-bond acceptors (Lipinski definition) is 4. The van der Waals surface area contributed by atoms with Crippen molar-refractivity contribution in [3.63, 3.8) is 0 Å². The first-order valence-corrected chi connectivity index (χ1v) is 8.43. The normalized spacial score (nSPS) is 15.4. The highest BCUT2D eigenvalue weighted by Gasteiger charge is 2.23. The number of rotatable bonds is 4. The molecular formula is C19H23BN2O2. The number of aliphatic hydroxyl groups excluding tert-OH is 1. The molecule has 1 aliphatic rings. The van der Waals surface area contributed by atoms with Gasteiger partial charge in [0, 0.05) is 18.0 Å². The van der Waals surface area contributed by atoms with Crippen LogP contribution in [0.3, 0.4) is 0 Å². The summed E-state index contributed by atoms with van der Waals surface area (Å²) in [6.07, 6.45) is 5.43. The van der Waals surface area contributed by atoms with Crippen LogP contribution in [0, 0.1) is 0 Å². The summed E-state index contributed by atoms with van der Waals surface area (Å²) in [7, 11) is -0.397. The van der Waals surface area contributed by atoms with Crippen LogP contribution in [0.4, 0.5) is 0 Å². The van der Waals surface area contributed by atoms with Crippen LogP contribution in [-0.2, 0) is 6.61 Å². The summed E-state index contributed by atoms with van der Waals surface area (Å²) in [4.78, 5) is 6.39. The van der Waals surface area contributed by atoms with Crippen molar-refractivity contribution in [1.82, 2.24) is 9.79 Å². The van der Waals surface area contributed by atoms with Crippen molar-refractivity contribution in [1.29, 1.82) is 0 Å². The molecule has 0 radical (unpaired) electrons. The van der Waals surface area contributed by atoms with Gasteiger partial charge in [0.15, 0.2) is 0 Å². The van der Waals surface area contributed by atoms with Gasteiger partial charge in [0.2, 0.25) is 0 Å². The Morgan fingerprint density at radius 2 is 1.83 bits per heavy atom. The first-order valence-electron chi connectivity index (χ1n) is 8.43. The number of hydrogen-bond donors (Lipinski definition) is 2. The summed E-state index contributed by atoms with van der Waals surface area (Å²) in [5.74, 6) is 0. The number of aliphatic hydroxyl groups is 1. The molecule has 4 nitrogen and oxygen atoms in total. The molecule has 3 rings (SSSR count). The van der Waals surface area contributed by atoms with Gasteiger partial charge in [-0.25, -0.2) is 0 Å². The lowest BCUT2D eigenvalue weighted by molar-refractivity contribution is 0.281. The average molecular weight is 322 g/mol. The second-order valence-electron chi connectivity index (χ2n) is 6.25. The van der Waals surface area contributed by atoms with Crippen LogP contribution in [0.25, 0.3) is 5.57 Å². The van der Waals surface area contributed by atoms with Gasteiger partial charge in [0.05, 0.1) is 6.61 Å². The van der Waals surface area contributed by atoms with Crippen molar-refractivity contribution >= 4 is 12.6 Å². The molecule has 0 bridgehead atoms. The zero-order chi connectivity index (χ0) is 16.9. The number of aromatic nitrogens is 1. The Bertz CT molecular complexity index is 706. The minimum atomic E-state index is -0.397. The molecule has 1 aromatic carbocycles. The molecule has 0 atom stereocenters. The van der Waals surface area contributed by atoms with E-state index in [0.717, 1.165) is 37.1 Å². The Morgan fingerprint density at radius 3 is 2.46 bits per heavy atom. The SMILES string of the molecule is CB(O)N1CCC(=C(c2ccccc2)c2cncc(CO)c2)CC1. The molecule has 2 N–H and O–H groups in total. The van der Waals surface area contributed by atoms with E-state index in [4.69, 9.17) is 0 Å². The Balaban J connectivity index is 2.02. The number of piperidine rings is 1. The van der Waals surface area contributed by atoms with Crippen LogP contribution in [0.2, 0.25) is 6.82 Å². The lowest BCUT2D eigenvalue weighted by Gasteiger charge is -2.30. The minimum Gasteiger partial charge on any atom is -0.437 e. The fourth-order valence-corrected chi connectivity index (χ4v) is 3.31. The second-order valence-corrected chi connectivity index (χ2v) is 6.25. The van der Waals surface area contributed by atoms with Gasteiger partial charge < -0.3 is 14.9 Å². The van der Waals surface area contributed by atoms with Gasteiger partial charge in [0.1, 0.15) is 0 Å². The van der Waals surface area contributed by atoms with Crippen molar-refractivity contribution in [3.05, 3.63) is 71.1 Å². The third kappa shape index (κ3) is 3.75. The van der Waals surface area contributed by atoms with Crippen LogP contribution in [-0.4, -0.2) is 40.1 Å². The van der Waals surface area contributed by atoms with E-state index in [1.807, 2.05) is 37.3 Å². The van der Waals surface area contributed by atoms with Crippen LogP contribution in [0.1, 0.15) is 29.5 Å². The molecule has 0 saturated carbocycles. The highest BCUT2D eigenvalue weighted by atomic mass is 16.3. The average Bonchev–Trinajstić information content (AvgIpc) is 2.63. The topological polar surface area (TPSA) is 56.6 Å². The third-order valence-corrected chi connectivity index (χ3v) is 4.61. The zero-order valence-corrected chi connectivity index (χ0v) is 14.0. The number of pyridine rings is 1. The lowest BCUT2D eigenvalue weighted by atomic mass is 9.80. The van der Waals surface area contributed by atoms with Gasteiger partial charge in [-0.3, -0.25) is 4.98 Å². The van der Waals surface area contributed by atoms with Crippen LogP contribution in [0.5, 0.6) is 0 Å². The molecule has 0 amide bonds. The maximum atomic E-state index is 9.78. The first kappa shape index (κ1) is 16.9. The fraction of sp³-hybridized carbons (Fsp3) is 0.316. The smallest absolute Gasteiger partial charge is 0.376 e. The van der Waals surface area contributed by atoms with Gasteiger partial charge in [-0.1, -0.05) is 35.9 Å². The molecule has 24 heavy (non-hydrogen) atoms. The Hall–Kier alpha value is -1.95. The number of nitrogens with zero attached hydrogens (tertiary/aromatic N) is 2. The molecule has 1 aliphatic heterocycles. The summed E-state index contributed by atoms with van der Waals surface area (Å²) >= 11 is 0. The minimum absolute atomic E-state index is 0.00590. The van der Waals surface area contributed by atoms with Crippen molar-refractivity contribution in [3.8, 4) is 0 Å². The highest BCUT2D eigenvalue weighted by molar-refractivity contribution is 6.45. The summed E-state index contributed by atoms with van der Waals surface area (Å²) in [5.41, 5.74) is 5.64. The highest BCUT2D eigenvalue weighted by Crippen LogP contribution is 2.32. The van der Waals surface area contributed by atoms with E-state index < -0.39 is 7.05 Å². The summed E-state index contributed by atoms with van der Waals surface area (Å²) in [6.45, 7) is 3.53. The van der Waals surface area contributed by atoms with Crippen LogP contribution >= 0.6 is 0 Å². The van der Waals surface area contributed by atoms with E-state index in [9.17, 15) is 10.1 Å². The second kappa shape index (κ2) is 7.75. The number of benzene rings is 1. The Labute approximate surface area is 143 Å².